The van der Waals surface area contributed by atoms with Gasteiger partial charge in [-0.1, -0.05) is 36.2 Å². The predicted octanol–water partition coefficient (Wildman–Crippen LogP) is 4.69. The number of nitrogens with zero attached hydrogens (tertiary/aromatic N) is 1. The molecule has 0 bridgehead atoms. The number of anilines is 2. The van der Waals surface area contributed by atoms with E-state index in [4.69, 9.17) is 28.9 Å². The molecule has 1 amide bonds. The van der Waals surface area contributed by atoms with Crippen molar-refractivity contribution in [2.45, 2.75) is 13.3 Å². The lowest BCUT2D eigenvalue weighted by molar-refractivity contribution is 0.0987. The number of rotatable bonds is 4. The summed E-state index contributed by atoms with van der Waals surface area (Å²) in [5.74, 6) is -0.161. The van der Waals surface area contributed by atoms with Crippen molar-refractivity contribution in [1.29, 1.82) is 0 Å². The van der Waals surface area contributed by atoms with E-state index in [0.29, 0.717) is 26.5 Å². The lowest BCUT2D eigenvalue weighted by Gasteiger charge is -2.22. The maximum absolute atomic E-state index is 12.6. The average Bonchev–Trinajstić information content (AvgIpc) is 2.74. The Bertz CT molecular complexity index is 627. The molecule has 1 heterocycles. The summed E-state index contributed by atoms with van der Waals surface area (Å²) in [5, 5.41) is 0. The van der Waals surface area contributed by atoms with Gasteiger partial charge in [0.15, 0.2) is 0 Å². The molecule has 106 valence electrons. The predicted molar refractivity (Wildman–Crippen MR) is 87.2 cm³/mol. The van der Waals surface area contributed by atoms with Crippen LogP contribution >= 0.6 is 34.5 Å². The molecule has 0 atom stereocenters. The van der Waals surface area contributed by atoms with Gasteiger partial charge in [0.25, 0.3) is 5.91 Å². The van der Waals surface area contributed by atoms with Crippen LogP contribution in [0.4, 0.5) is 11.4 Å². The maximum Gasteiger partial charge on any atom is 0.260 e. The number of hydrogen-bond acceptors (Lipinski definition) is 3. The minimum atomic E-state index is -0.161. The van der Waals surface area contributed by atoms with Gasteiger partial charge in [0.2, 0.25) is 0 Å². The van der Waals surface area contributed by atoms with Crippen molar-refractivity contribution in [2.75, 3.05) is 17.2 Å². The van der Waals surface area contributed by atoms with Crippen LogP contribution in [0.15, 0.2) is 30.3 Å². The lowest BCUT2D eigenvalue weighted by atomic mass is 10.2. The van der Waals surface area contributed by atoms with Gasteiger partial charge in [0.05, 0.1) is 9.90 Å². The van der Waals surface area contributed by atoms with Crippen molar-refractivity contribution >= 4 is 51.8 Å². The van der Waals surface area contributed by atoms with E-state index in [2.05, 4.69) is 0 Å². The van der Waals surface area contributed by atoms with Crippen LogP contribution in [0.3, 0.4) is 0 Å². The third-order valence-electron chi connectivity index (χ3n) is 2.76. The number of carbonyl (C=O) groups excluding carboxylic acids is 1. The van der Waals surface area contributed by atoms with Gasteiger partial charge in [-0.2, -0.15) is 0 Å². The highest BCUT2D eigenvalue weighted by Gasteiger charge is 2.21. The van der Waals surface area contributed by atoms with E-state index in [0.717, 1.165) is 12.1 Å². The topological polar surface area (TPSA) is 46.3 Å². The minimum absolute atomic E-state index is 0.161. The molecular weight excluding hydrogens is 315 g/mol. The molecule has 0 spiro atoms. The number of hydrogen-bond donors (Lipinski definition) is 1. The first kappa shape index (κ1) is 15.2. The summed E-state index contributed by atoms with van der Waals surface area (Å²) in [6, 6.07) is 8.84. The summed E-state index contributed by atoms with van der Waals surface area (Å²) in [4.78, 5) is 14.3. The fraction of sp³-hybridized carbons (Fsp3) is 0.214. The Morgan fingerprint density at radius 1 is 1.35 bits per heavy atom. The normalized spacial score (nSPS) is 10.6. The summed E-state index contributed by atoms with van der Waals surface area (Å²) in [7, 11) is 0. The van der Waals surface area contributed by atoms with Gasteiger partial charge in [0, 0.05) is 17.9 Å². The van der Waals surface area contributed by atoms with E-state index in [9.17, 15) is 4.79 Å². The summed E-state index contributed by atoms with van der Waals surface area (Å²) in [5.41, 5.74) is 7.59. The molecule has 0 saturated carbocycles. The van der Waals surface area contributed by atoms with Gasteiger partial charge < -0.3 is 10.6 Å². The molecule has 2 rings (SSSR count). The molecule has 0 fully saturated rings. The molecule has 0 saturated heterocycles. The van der Waals surface area contributed by atoms with Crippen LogP contribution in [0.5, 0.6) is 0 Å². The van der Waals surface area contributed by atoms with Crippen molar-refractivity contribution in [2.24, 2.45) is 0 Å². The Kier molecular flexibility index (Phi) is 4.91. The molecule has 20 heavy (non-hydrogen) atoms. The van der Waals surface area contributed by atoms with E-state index < -0.39 is 0 Å². The molecule has 0 unspecified atom stereocenters. The quantitative estimate of drug-likeness (QED) is 0.827. The Morgan fingerprint density at radius 3 is 2.65 bits per heavy atom. The smallest absolute Gasteiger partial charge is 0.260 e. The van der Waals surface area contributed by atoms with Crippen molar-refractivity contribution in [3.63, 3.8) is 0 Å². The number of halogens is 2. The Labute approximate surface area is 131 Å². The van der Waals surface area contributed by atoms with Gasteiger partial charge in [-0.25, -0.2) is 0 Å². The fourth-order valence-electron chi connectivity index (χ4n) is 1.90. The van der Waals surface area contributed by atoms with Crippen molar-refractivity contribution < 1.29 is 4.79 Å². The third kappa shape index (κ3) is 3.26. The van der Waals surface area contributed by atoms with Crippen molar-refractivity contribution in [1.82, 2.24) is 0 Å². The van der Waals surface area contributed by atoms with Gasteiger partial charge in [0.1, 0.15) is 4.34 Å². The molecule has 0 aliphatic rings. The first-order chi connectivity index (χ1) is 9.52. The van der Waals surface area contributed by atoms with E-state index >= 15 is 0 Å². The standard InChI is InChI=1S/C14H14Cl2N2OS/c1-2-6-18(10-5-3-4-9(17)7-10)14(19)11-8-12(15)20-13(11)16/h3-5,7-8H,2,6,17H2,1H3. The molecular formula is C14H14Cl2N2OS. The SMILES string of the molecule is CCCN(C(=O)c1cc(Cl)sc1Cl)c1cccc(N)c1. The lowest BCUT2D eigenvalue weighted by Crippen LogP contribution is -2.31. The van der Waals surface area contributed by atoms with Gasteiger partial charge in [-0.15, -0.1) is 11.3 Å². The average molecular weight is 329 g/mol. The van der Waals surface area contributed by atoms with Crippen LogP contribution in [-0.2, 0) is 0 Å². The van der Waals surface area contributed by atoms with Crippen LogP contribution < -0.4 is 10.6 Å². The Balaban J connectivity index is 2.38. The summed E-state index contributed by atoms with van der Waals surface area (Å²) in [6.07, 6.45) is 0.829. The minimum Gasteiger partial charge on any atom is -0.399 e. The summed E-state index contributed by atoms with van der Waals surface area (Å²) in [6.45, 7) is 2.60. The number of amides is 1. The first-order valence-electron chi connectivity index (χ1n) is 6.15. The monoisotopic (exact) mass is 328 g/mol. The molecule has 3 nitrogen and oxygen atoms in total. The highest BCUT2D eigenvalue weighted by molar-refractivity contribution is 7.20. The fourth-order valence-corrected chi connectivity index (χ4v) is 3.34. The summed E-state index contributed by atoms with van der Waals surface area (Å²) >= 11 is 13.2. The van der Waals surface area contributed by atoms with Gasteiger partial charge in [-0.3, -0.25) is 4.79 Å². The zero-order valence-electron chi connectivity index (χ0n) is 10.9. The molecule has 1 aromatic heterocycles. The Morgan fingerprint density at radius 2 is 2.10 bits per heavy atom. The number of benzene rings is 1. The van der Waals surface area contributed by atoms with Gasteiger partial charge in [-0.05, 0) is 30.7 Å². The Hall–Kier alpha value is -1.23. The first-order valence-corrected chi connectivity index (χ1v) is 7.72. The van der Waals surface area contributed by atoms with Crippen molar-refractivity contribution in [3.8, 4) is 0 Å². The largest absolute Gasteiger partial charge is 0.399 e. The molecule has 6 heteroatoms. The molecule has 0 aliphatic carbocycles. The van der Waals surface area contributed by atoms with E-state index in [1.165, 1.54) is 11.3 Å². The van der Waals surface area contributed by atoms with Crippen LogP contribution in [0.2, 0.25) is 8.67 Å². The number of carbonyl (C=O) groups is 1. The van der Waals surface area contributed by atoms with Crippen molar-refractivity contribution in [3.05, 3.63) is 44.6 Å². The van der Waals surface area contributed by atoms with Crippen LogP contribution in [-0.4, -0.2) is 12.5 Å². The zero-order chi connectivity index (χ0) is 14.7. The van der Waals surface area contributed by atoms with E-state index in [1.807, 2.05) is 19.1 Å². The third-order valence-corrected chi connectivity index (χ3v) is 4.25. The van der Waals surface area contributed by atoms with Crippen LogP contribution in [0.1, 0.15) is 23.7 Å². The van der Waals surface area contributed by atoms with Gasteiger partial charge >= 0.3 is 0 Å². The second-order valence-electron chi connectivity index (χ2n) is 4.29. The summed E-state index contributed by atoms with van der Waals surface area (Å²) < 4.78 is 0.910. The maximum atomic E-state index is 12.6. The highest BCUT2D eigenvalue weighted by atomic mass is 35.5. The second kappa shape index (κ2) is 6.48. The number of nitrogen functional groups attached to an aromatic ring is 1. The van der Waals surface area contributed by atoms with Crippen LogP contribution in [0, 0.1) is 0 Å². The van der Waals surface area contributed by atoms with Crippen LogP contribution in [0.25, 0.3) is 0 Å². The molecule has 0 radical (unpaired) electrons. The molecule has 2 aromatic rings. The molecule has 1 aromatic carbocycles. The number of nitrogens with two attached hydrogens (primary N) is 1. The number of thiophene rings is 1. The zero-order valence-corrected chi connectivity index (χ0v) is 13.2. The molecule has 2 N–H and O–H groups in total. The highest BCUT2D eigenvalue weighted by Crippen LogP contribution is 2.33. The van der Waals surface area contributed by atoms with E-state index in [1.54, 1.807) is 23.1 Å². The van der Waals surface area contributed by atoms with E-state index in [-0.39, 0.29) is 5.91 Å². The molecule has 0 aliphatic heterocycles. The second-order valence-corrected chi connectivity index (χ2v) is 6.58.